The molecule has 124 valence electrons. The van der Waals surface area contributed by atoms with Gasteiger partial charge in [0.15, 0.2) is 0 Å². The predicted molar refractivity (Wildman–Crippen MR) is 62.8 cm³/mol. The topological polar surface area (TPSA) is 72.0 Å². The largest absolute Gasteiger partial charge is 0.465 e. The molecular weight excluding hydrogens is 334 g/mol. The number of nitrogens with zero attached hydrogens (tertiary/aromatic N) is 1. The number of ketones is 1. The number of aromatic amines is 1. The molecule has 0 atom stereocenters. The van der Waals surface area contributed by atoms with Crippen LogP contribution in [-0.4, -0.2) is 35.0 Å². The highest BCUT2D eigenvalue weighted by Gasteiger charge is 2.47. The third-order valence-corrected chi connectivity index (χ3v) is 2.88. The van der Waals surface area contributed by atoms with Gasteiger partial charge in [0.1, 0.15) is 5.69 Å². The fourth-order valence-electron chi connectivity index (χ4n) is 1.99. The Bertz CT molecular complexity index is 790. The van der Waals surface area contributed by atoms with Crippen LogP contribution in [0.2, 0.25) is 0 Å². The third-order valence-electron chi connectivity index (χ3n) is 2.88. The van der Waals surface area contributed by atoms with E-state index in [1.165, 1.54) is 0 Å². The quantitative estimate of drug-likeness (QED) is 0.518. The van der Waals surface area contributed by atoms with Gasteiger partial charge in [-0.15, -0.1) is 0 Å². The van der Waals surface area contributed by atoms with Crippen molar-refractivity contribution < 1.29 is 40.7 Å². The van der Waals surface area contributed by atoms with Gasteiger partial charge in [0.05, 0.1) is 30.0 Å². The summed E-state index contributed by atoms with van der Waals surface area (Å²) in [4.78, 5) is 28.1. The summed E-state index contributed by atoms with van der Waals surface area (Å²) in [6.45, 7) is 0. The van der Waals surface area contributed by atoms with E-state index in [0.29, 0.717) is 0 Å². The van der Waals surface area contributed by atoms with Gasteiger partial charge in [-0.25, -0.2) is 4.79 Å². The van der Waals surface area contributed by atoms with Gasteiger partial charge in [-0.05, 0) is 0 Å². The van der Waals surface area contributed by atoms with Crippen molar-refractivity contribution in [1.29, 1.82) is 0 Å². The molecule has 0 saturated carbocycles. The van der Waals surface area contributed by atoms with Crippen molar-refractivity contribution in [3.05, 3.63) is 29.2 Å². The maximum Gasteiger partial charge on any atom is 0.454 e. The van der Waals surface area contributed by atoms with Crippen LogP contribution in [0.3, 0.4) is 0 Å². The van der Waals surface area contributed by atoms with Crippen LogP contribution in [0.4, 0.5) is 26.3 Å². The van der Waals surface area contributed by atoms with E-state index in [1.807, 2.05) is 0 Å². The summed E-state index contributed by atoms with van der Waals surface area (Å²) in [5.74, 6) is -3.96. The van der Waals surface area contributed by atoms with Gasteiger partial charge >= 0.3 is 18.3 Å². The second-order valence-electron chi connectivity index (χ2n) is 4.30. The number of hydrogen-bond donors (Lipinski definition) is 1. The van der Waals surface area contributed by atoms with Crippen LogP contribution >= 0.6 is 0 Å². The molecular formula is C12H6F6N2O3. The first kappa shape index (κ1) is 16.8. The number of rotatable bonds is 2. The van der Waals surface area contributed by atoms with Crippen LogP contribution in [0, 0.1) is 0 Å². The van der Waals surface area contributed by atoms with Crippen molar-refractivity contribution >= 4 is 22.7 Å². The third kappa shape index (κ3) is 2.85. The van der Waals surface area contributed by atoms with Crippen molar-refractivity contribution in [2.75, 3.05) is 7.11 Å². The van der Waals surface area contributed by atoms with Gasteiger partial charge in [0.2, 0.25) is 0 Å². The zero-order valence-electron chi connectivity index (χ0n) is 11.1. The van der Waals surface area contributed by atoms with Crippen LogP contribution in [0.5, 0.6) is 0 Å². The van der Waals surface area contributed by atoms with E-state index in [-0.39, 0.29) is 0 Å². The SMILES string of the molecule is COC(=O)c1cncc2[nH]c(C(F)(F)F)c(C(=O)C(F)(F)F)c12. The summed E-state index contributed by atoms with van der Waals surface area (Å²) in [7, 11) is 0.879. The number of nitrogens with one attached hydrogen (secondary N) is 1. The van der Waals surface area contributed by atoms with E-state index in [0.717, 1.165) is 19.5 Å². The lowest BCUT2D eigenvalue weighted by Gasteiger charge is -2.10. The fourth-order valence-corrected chi connectivity index (χ4v) is 1.99. The summed E-state index contributed by atoms with van der Waals surface area (Å²) in [5, 5.41) is -0.846. The average molecular weight is 340 g/mol. The number of alkyl halides is 6. The number of aromatic nitrogens is 2. The van der Waals surface area contributed by atoms with E-state index < -0.39 is 51.8 Å². The maximum atomic E-state index is 13.0. The Balaban J connectivity index is 2.94. The van der Waals surface area contributed by atoms with Crippen molar-refractivity contribution in [1.82, 2.24) is 9.97 Å². The second-order valence-corrected chi connectivity index (χ2v) is 4.30. The number of carbonyl (C=O) groups is 2. The maximum absolute atomic E-state index is 13.0. The Hall–Kier alpha value is -2.59. The molecule has 11 heteroatoms. The summed E-state index contributed by atoms with van der Waals surface area (Å²) in [6, 6.07) is 0. The zero-order valence-corrected chi connectivity index (χ0v) is 11.1. The first-order valence-corrected chi connectivity index (χ1v) is 5.75. The molecule has 5 nitrogen and oxygen atoms in total. The molecule has 2 aromatic rings. The molecule has 0 amide bonds. The molecule has 23 heavy (non-hydrogen) atoms. The summed E-state index contributed by atoms with van der Waals surface area (Å²) >= 11 is 0. The van der Waals surface area contributed by atoms with Crippen molar-refractivity contribution in [2.24, 2.45) is 0 Å². The Labute approximate surface area is 123 Å². The van der Waals surface area contributed by atoms with Gasteiger partial charge in [0, 0.05) is 11.6 Å². The second kappa shape index (κ2) is 5.25. The average Bonchev–Trinajstić information content (AvgIpc) is 2.83. The van der Waals surface area contributed by atoms with Crippen molar-refractivity contribution in [3.63, 3.8) is 0 Å². The Morgan fingerprint density at radius 3 is 2.22 bits per heavy atom. The van der Waals surface area contributed by atoms with Gasteiger partial charge in [0.25, 0.3) is 5.78 Å². The summed E-state index contributed by atoms with van der Waals surface area (Å²) < 4.78 is 81.2. The number of hydrogen-bond acceptors (Lipinski definition) is 4. The van der Waals surface area contributed by atoms with E-state index in [4.69, 9.17) is 0 Å². The standard InChI is InChI=1S/C12H6F6N2O3/c1-23-10(22)4-2-19-3-5-6(4)7(9(21)12(16,17)18)8(20-5)11(13,14)15/h2-3,20H,1H3. The van der Waals surface area contributed by atoms with E-state index >= 15 is 0 Å². The van der Waals surface area contributed by atoms with Crippen LogP contribution in [0.25, 0.3) is 10.9 Å². The lowest BCUT2D eigenvalue weighted by atomic mass is 10.0. The van der Waals surface area contributed by atoms with Gasteiger partial charge in [-0.2, -0.15) is 26.3 Å². The van der Waals surface area contributed by atoms with Gasteiger partial charge < -0.3 is 9.72 Å². The van der Waals surface area contributed by atoms with Gasteiger partial charge in [-0.1, -0.05) is 0 Å². The minimum absolute atomic E-state index is 0.548. The Morgan fingerprint density at radius 1 is 1.13 bits per heavy atom. The highest BCUT2D eigenvalue weighted by molar-refractivity contribution is 6.17. The molecule has 0 radical (unpaired) electrons. The van der Waals surface area contributed by atoms with Crippen LogP contribution in [-0.2, 0) is 10.9 Å². The zero-order chi connectivity index (χ0) is 17.6. The molecule has 2 heterocycles. The molecule has 0 aliphatic heterocycles. The number of methoxy groups -OCH3 is 1. The molecule has 0 fully saturated rings. The number of ether oxygens (including phenoxy) is 1. The van der Waals surface area contributed by atoms with Crippen molar-refractivity contribution in [3.8, 4) is 0 Å². The number of halogens is 6. The van der Waals surface area contributed by atoms with Crippen LogP contribution in [0.15, 0.2) is 12.4 Å². The lowest BCUT2D eigenvalue weighted by molar-refractivity contribution is -0.141. The smallest absolute Gasteiger partial charge is 0.454 e. The van der Waals surface area contributed by atoms with Crippen LogP contribution in [0.1, 0.15) is 26.4 Å². The number of H-pyrrole nitrogens is 1. The number of esters is 1. The predicted octanol–water partition coefficient (Wildman–Crippen LogP) is 3.11. The lowest BCUT2D eigenvalue weighted by Crippen LogP contribution is -2.26. The number of carbonyl (C=O) groups excluding carboxylic acids is 2. The number of Topliss-reactive ketones (excluding diaryl/α,β-unsaturated/α-hetero) is 1. The molecule has 2 aromatic heterocycles. The summed E-state index contributed by atoms with van der Waals surface area (Å²) in [5.41, 5.74) is -4.84. The molecule has 0 aliphatic rings. The van der Waals surface area contributed by atoms with E-state index in [2.05, 4.69) is 9.72 Å². The van der Waals surface area contributed by atoms with Gasteiger partial charge in [-0.3, -0.25) is 9.78 Å². The summed E-state index contributed by atoms with van der Waals surface area (Å²) in [6.07, 6.45) is -9.35. The molecule has 0 saturated heterocycles. The number of fused-ring (bicyclic) bond motifs is 1. The fraction of sp³-hybridized carbons (Fsp3) is 0.250. The molecule has 1 N–H and O–H groups in total. The molecule has 0 spiro atoms. The Morgan fingerprint density at radius 2 is 1.74 bits per heavy atom. The molecule has 0 aliphatic carbocycles. The molecule has 0 unspecified atom stereocenters. The molecule has 0 aromatic carbocycles. The molecule has 0 bridgehead atoms. The van der Waals surface area contributed by atoms with E-state index in [9.17, 15) is 35.9 Å². The first-order valence-electron chi connectivity index (χ1n) is 5.75. The molecule has 2 rings (SSSR count). The highest BCUT2D eigenvalue weighted by atomic mass is 19.4. The Kier molecular flexibility index (Phi) is 3.83. The minimum atomic E-state index is -5.56. The van der Waals surface area contributed by atoms with E-state index in [1.54, 1.807) is 4.98 Å². The normalized spacial score (nSPS) is 12.5. The minimum Gasteiger partial charge on any atom is -0.465 e. The first-order chi connectivity index (χ1) is 10.5. The monoisotopic (exact) mass is 340 g/mol. The van der Waals surface area contributed by atoms with Crippen LogP contribution < -0.4 is 0 Å². The highest BCUT2D eigenvalue weighted by Crippen LogP contribution is 2.39. The number of pyridine rings is 1. The van der Waals surface area contributed by atoms with Crippen molar-refractivity contribution in [2.45, 2.75) is 12.4 Å².